The number of aromatic nitrogens is 3. The van der Waals surface area contributed by atoms with Crippen molar-refractivity contribution >= 4 is 23.2 Å². The van der Waals surface area contributed by atoms with Crippen LogP contribution in [0, 0.1) is 0 Å². The van der Waals surface area contributed by atoms with E-state index >= 15 is 0 Å². The molecule has 3 aromatic rings. The molecule has 1 N–H and O–H groups in total. The predicted molar refractivity (Wildman–Crippen MR) is 81.0 cm³/mol. The smallest absolute Gasteiger partial charge is 0.295 e. The molecule has 0 radical (unpaired) electrons. The van der Waals surface area contributed by atoms with Gasteiger partial charge in [-0.25, -0.2) is 0 Å². The lowest BCUT2D eigenvalue weighted by atomic mass is 10.1. The predicted octanol–water partition coefficient (Wildman–Crippen LogP) is 1.67. The molecule has 1 aliphatic rings. The van der Waals surface area contributed by atoms with Crippen LogP contribution in [0.4, 0.5) is 5.82 Å². The number of nitrogens with one attached hydrogen (secondary N) is 1. The number of nitrogens with zero attached hydrogens (tertiary/aromatic N) is 4. The van der Waals surface area contributed by atoms with Crippen LogP contribution >= 0.6 is 0 Å². The van der Waals surface area contributed by atoms with Crippen LogP contribution in [0.3, 0.4) is 0 Å². The van der Waals surface area contributed by atoms with Crippen molar-refractivity contribution in [2.75, 3.05) is 12.1 Å². The molecule has 0 unspecified atom stereocenters. The molecule has 4 rings (SSSR count). The summed E-state index contributed by atoms with van der Waals surface area (Å²) in [4.78, 5) is 4.64. The van der Waals surface area contributed by atoms with Crippen molar-refractivity contribution in [3.63, 3.8) is 0 Å². The number of hydrogen-bond acceptors (Lipinski definition) is 4. The first kappa shape index (κ1) is 11.8. The van der Waals surface area contributed by atoms with Crippen molar-refractivity contribution in [2.24, 2.45) is 0 Å². The van der Waals surface area contributed by atoms with Gasteiger partial charge in [0.2, 0.25) is 0 Å². The monoisotopic (exact) mass is 276 g/mol. The van der Waals surface area contributed by atoms with Crippen molar-refractivity contribution in [2.45, 2.75) is 0 Å². The molecule has 0 aliphatic carbocycles. The molecule has 0 spiro atoms. The maximum atomic E-state index is 4.64. The largest absolute Gasteiger partial charge is 0.350 e. The fraction of sp³-hybridized carbons (Fsp3) is 0.0625. The molecule has 5 heteroatoms. The molecule has 0 amide bonds. The van der Waals surface area contributed by atoms with Crippen LogP contribution in [0.15, 0.2) is 54.7 Å². The Hall–Kier alpha value is -2.95. The molecule has 0 atom stereocenters. The van der Waals surface area contributed by atoms with Crippen LogP contribution < -0.4 is 15.0 Å². The van der Waals surface area contributed by atoms with Crippen LogP contribution in [-0.2, 0) is 0 Å². The van der Waals surface area contributed by atoms with Crippen molar-refractivity contribution in [3.8, 4) is 0 Å². The third-order valence-electron chi connectivity index (χ3n) is 3.46. The number of rotatable bonds is 1. The molecule has 21 heavy (non-hydrogen) atoms. The van der Waals surface area contributed by atoms with E-state index in [1.54, 1.807) is 4.52 Å². The fourth-order valence-corrected chi connectivity index (χ4v) is 2.43. The van der Waals surface area contributed by atoms with Gasteiger partial charge in [0.1, 0.15) is 6.20 Å². The quantitative estimate of drug-likeness (QED) is 0.687. The fourth-order valence-electron chi connectivity index (χ4n) is 2.43. The zero-order chi connectivity index (χ0) is 14.2. The number of hydrogen-bond donors (Lipinski definition) is 1. The van der Waals surface area contributed by atoms with E-state index in [-0.39, 0.29) is 0 Å². The topological polar surface area (TPSA) is 45.1 Å². The second kappa shape index (κ2) is 4.56. The van der Waals surface area contributed by atoms with Gasteiger partial charge in [-0.05, 0) is 22.7 Å². The summed E-state index contributed by atoms with van der Waals surface area (Å²) in [7, 11) is 1.95. The Labute approximate surface area is 122 Å². The third kappa shape index (κ3) is 1.99. The van der Waals surface area contributed by atoms with Crippen LogP contribution in [0.5, 0.6) is 0 Å². The Morgan fingerprint density at radius 1 is 1.05 bits per heavy atom. The first-order valence-corrected chi connectivity index (χ1v) is 6.77. The van der Waals surface area contributed by atoms with E-state index in [1.165, 1.54) is 0 Å². The highest BCUT2D eigenvalue weighted by molar-refractivity contribution is 5.85. The van der Waals surface area contributed by atoms with Gasteiger partial charge in [-0.15, -0.1) is 4.52 Å². The summed E-state index contributed by atoms with van der Waals surface area (Å²) in [6.45, 7) is 0. The Kier molecular flexibility index (Phi) is 2.57. The Balaban J connectivity index is 1.90. The zero-order valence-electron chi connectivity index (χ0n) is 11.6. The minimum absolute atomic E-state index is 0.820. The summed E-state index contributed by atoms with van der Waals surface area (Å²) in [5, 5.41) is 6.54. The minimum Gasteiger partial charge on any atom is -0.295 e. The SMILES string of the molecule is CN1NC(c2ccccc2)=Cc2n[n+]3ccccc3nc21. The van der Waals surface area contributed by atoms with Crippen molar-refractivity contribution < 1.29 is 4.52 Å². The molecule has 5 nitrogen and oxygen atoms in total. The Bertz CT molecular complexity index is 842. The molecular weight excluding hydrogens is 262 g/mol. The molecule has 2 aromatic heterocycles. The van der Waals surface area contributed by atoms with Gasteiger partial charge >= 0.3 is 5.65 Å². The first-order chi connectivity index (χ1) is 10.3. The summed E-state index contributed by atoms with van der Waals surface area (Å²) in [5.74, 6) is 0.820. The lowest BCUT2D eigenvalue weighted by molar-refractivity contribution is -0.583. The third-order valence-corrected chi connectivity index (χ3v) is 3.46. The highest BCUT2D eigenvalue weighted by Crippen LogP contribution is 2.25. The summed E-state index contributed by atoms with van der Waals surface area (Å²) >= 11 is 0. The molecule has 0 saturated heterocycles. The van der Waals surface area contributed by atoms with E-state index < -0.39 is 0 Å². The standard InChI is InChI=1S/C16H14N5/c1-20-16-14(19-21-10-6-5-9-15(21)17-16)11-13(18-20)12-7-3-2-4-8-12/h2-11,18H,1H3/q+1. The molecule has 0 fully saturated rings. The van der Waals surface area contributed by atoms with E-state index in [0.29, 0.717) is 0 Å². The Morgan fingerprint density at radius 3 is 2.71 bits per heavy atom. The minimum atomic E-state index is 0.820. The van der Waals surface area contributed by atoms with E-state index in [9.17, 15) is 0 Å². The zero-order valence-corrected chi connectivity index (χ0v) is 11.6. The Morgan fingerprint density at radius 2 is 1.86 bits per heavy atom. The first-order valence-electron chi connectivity index (χ1n) is 6.77. The normalized spacial score (nSPS) is 13.6. The number of fused-ring (bicyclic) bond motifs is 2. The van der Waals surface area contributed by atoms with Crippen molar-refractivity contribution in [1.82, 2.24) is 15.5 Å². The van der Waals surface area contributed by atoms with Gasteiger partial charge in [0.15, 0.2) is 5.69 Å². The van der Waals surface area contributed by atoms with Gasteiger partial charge in [0.25, 0.3) is 5.82 Å². The van der Waals surface area contributed by atoms with Crippen molar-refractivity contribution in [1.29, 1.82) is 0 Å². The average molecular weight is 276 g/mol. The highest BCUT2D eigenvalue weighted by Gasteiger charge is 2.24. The van der Waals surface area contributed by atoms with Crippen LogP contribution in [0.25, 0.3) is 17.4 Å². The van der Waals surface area contributed by atoms with E-state index in [0.717, 1.165) is 28.4 Å². The van der Waals surface area contributed by atoms with Crippen LogP contribution in [-0.4, -0.2) is 17.1 Å². The maximum Gasteiger partial charge on any atom is 0.350 e. The molecule has 3 heterocycles. The molecular formula is C16H14N5+. The lowest BCUT2D eigenvalue weighted by Crippen LogP contribution is -2.39. The van der Waals surface area contributed by atoms with Crippen LogP contribution in [0.2, 0.25) is 0 Å². The van der Waals surface area contributed by atoms with Crippen molar-refractivity contribution in [3.05, 3.63) is 66.0 Å². The van der Waals surface area contributed by atoms with Gasteiger partial charge in [0.05, 0.1) is 5.70 Å². The van der Waals surface area contributed by atoms with Gasteiger partial charge in [0, 0.05) is 13.1 Å². The lowest BCUT2D eigenvalue weighted by Gasteiger charge is -2.24. The maximum absolute atomic E-state index is 4.64. The molecule has 0 bridgehead atoms. The average Bonchev–Trinajstić information content (AvgIpc) is 2.54. The molecule has 102 valence electrons. The second-order valence-electron chi connectivity index (χ2n) is 4.92. The van der Waals surface area contributed by atoms with Gasteiger partial charge < -0.3 is 0 Å². The highest BCUT2D eigenvalue weighted by atomic mass is 15.5. The van der Waals surface area contributed by atoms with Crippen LogP contribution in [0.1, 0.15) is 11.3 Å². The number of hydrazine groups is 1. The molecule has 1 aromatic carbocycles. The number of anilines is 1. The van der Waals surface area contributed by atoms with Gasteiger partial charge in [-0.3, -0.25) is 10.4 Å². The summed E-state index contributed by atoms with van der Waals surface area (Å²) < 4.78 is 1.79. The molecule has 1 aliphatic heterocycles. The van der Waals surface area contributed by atoms with E-state index in [1.807, 2.05) is 60.7 Å². The number of benzene rings is 1. The summed E-state index contributed by atoms with van der Waals surface area (Å²) in [5.41, 5.74) is 7.13. The summed E-state index contributed by atoms with van der Waals surface area (Å²) in [6.07, 6.45) is 3.93. The summed E-state index contributed by atoms with van der Waals surface area (Å²) in [6, 6.07) is 16.0. The second-order valence-corrected chi connectivity index (χ2v) is 4.92. The van der Waals surface area contributed by atoms with Gasteiger partial charge in [-0.2, -0.15) is 0 Å². The van der Waals surface area contributed by atoms with Gasteiger partial charge in [-0.1, -0.05) is 41.5 Å². The number of pyridine rings is 1. The van der Waals surface area contributed by atoms with E-state index in [2.05, 4.69) is 27.6 Å². The molecule has 0 saturated carbocycles. The van der Waals surface area contributed by atoms with E-state index in [4.69, 9.17) is 0 Å².